The molecule has 0 aliphatic carbocycles. The van der Waals surface area contributed by atoms with E-state index in [0.717, 1.165) is 18.2 Å². The third kappa shape index (κ3) is 4.38. The predicted molar refractivity (Wildman–Crippen MR) is 64.9 cm³/mol. The van der Waals surface area contributed by atoms with Crippen molar-refractivity contribution in [3.8, 4) is 0 Å². The van der Waals surface area contributed by atoms with Crippen LogP contribution in [0.4, 0.5) is 8.78 Å². The number of benzene rings is 1. The summed E-state index contributed by atoms with van der Waals surface area (Å²) in [5.74, 6) is -2.13. The van der Waals surface area contributed by atoms with E-state index in [9.17, 15) is 13.6 Å². The molecule has 1 atom stereocenters. The molecule has 3 N–H and O–H groups in total. The van der Waals surface area contributed by atoms with Crippen molar-refractivity contribution in [3.63, 3.8) is 0 Å². The van der Waals surface area contributed by atoms with E-state index in [4.69, 9.17) is 5.73 Å². The van der Waals surface area contributed by atoms with Crippen LogP contribution < -0.4 is 11.1 Å². The molecule has 4 nitrogen and oxygen atoms in total. The summed E-state index contributed by atoms with van der Waals surface area (Å²) in [7, 11) is 3.76. The fraction of sp³-hybridized carbons (Fsp3) is 0.417. The molecule has 100 valence electrons. The molecule has 18 heavy (non-hydrogen) atoms. The van der Waals surface area contributed by atoms with Gasteiger partial charge < -0.3 is 16.0 Å². The second-order valence-corrected chi connectivity index (χ2v) is 4.30. The van der Waals surface area contributed by atoms with Gasteiger partial charge in [-0.2, -0.15) is 0 Å². The van der Waals surface area contributed by atoms with Crippen LogP contribution in [-0.4, -0.2) is 38.0 Å². The highest BCUT2D eigenvalue weighted by atomic mass is 19.1. The van der Waals surface area contributed by atoms with Crippen molar-refractivity contribution in [1.29, 1.82) is 0 Å². The van der Waals surface area contributed by atoms with Crippen molar-refractivity contribution < 1.29 is 13.6 Å². The fourth-order valence-electron chi connectivity index (χ4n) is 1.56. The lowest BCUT2D eigenvalue weighted by molar-refractivity contribution is -0.120. The Hall–Kier alpha value is -1.53. The predicted octanol–water partition coefficient (Wildman–Crippen LogP) is 0.642. The summed E-state index contributed by atoms with van der Waals surface area (Å²) < 4.78 is 26.1. The van der Waals surface area contributed by atoms with Crippen LogP contribution in [-0.2, 0) is 4.79 Å². The van der Waals surface area contributed by atoms with Crippen LogP contribution in [0.2, 0.25) is 0 Å². The Morgan fingerprint density at radius 1 is 1.33 bits per heavy atom. The highest BCUT2D eigenvalue weighted by molar-refractivity contribution is 5.81. The van der Waals surface area contributed by atoms with Crippen molar-refractivity contribution in [3.05, 3.63) is 35.4 Å². The molecular formula is C12H17F2N3O. The van der Waals surface area contributed by atoms with Gasteiger partial charge in [0.2, 0.25) is 5.91 Å². The number of nitrogens with one attached hydrogen (secondary N) is 1. The smallest absolute Gasteiger partial charge is 0.239 e. The standard InChI is InChI=1S/C12H17F2N3O/c1-17(2)4-3-16-11(12(15)18)8-5-9(13)7-10(14)6-8/h5-7,11,16H,3-4H2,1-2H3,(H2,15,18). The van der Waals surface area contributed by atoms with Crippen LogP contribution in [0.5, 0.6) is 0 Å². The monoisotopic (exact) mass is 257 g/mol. The second-order valence-electron chi connectivity index (χ2n) is 4.30. The minimum absolute atomic E-state index is 0.193. The van der Waals surface area contributed by atoms with E-state index in [1.165, 1.54) is 0 Å². The highest BCUT2D eigenvalue weighted by Crippen LogP contribution is 2.16. The number of hydrogen-bond acceptors (Lipinski definition) is 3. The molecule has 6 heteroatoms. The lowest BCUT2D eigenvalue weighted by atomic mass is 10.1. The summed E-state index contributed by atoms with van der Waals surface area (Å²) in [4.78, 5) is 13.2. The van der Waals surface area contributed by atoms with E-state index in [-0.39, 0.29) is 5.56 Å². The summed E-state index contributed by atoms with van der Waals surface area (Å²) in [6, 6.07) is 2.05. The summed E-state index contributed by atoms with van der Waals surface area (Å²) in [5.41, 5.74) is 5.42. The third-order valence-corrected chi connectivity index (χ3v) is 2.41. The van der Waals surface area contributed by atoms with Crippen LogP contribution in [0.1, 0.15) is 11.6 Å². The van der Waals surface area contributed by atoms with Gasteiger partial charge >= 0.3 is 0 Å². The molecule has 0 aromatic heterocycles. The van der Waals surface area contributed by atoms with E-state index in [2.05, 4.69) is 5.32 Å². The van der Waals surface area contributed by atoms with Gasteiger partial charge in [0.05, 0.1) is 0 Å². The quantitative estimate of drug-likeness (QED) is 0.786. The van der Waals surface area contributed by atoms with E-state index in [1.807, 2.05) is 19.0 Å². The number of carbonyl (C=O) groups is 1. The Kier molecular flexibility index (Phi) is 5.18. The highest BCUT2D eigenvalue weighted by Gasteiger charge is 2.18. The molecular weight excluding hydrogens is 240 g/mol. The van der Waals surface area contributed by atoms with E-state index in [1.54, 1.807) is 0 Å². The maximum absolute atomic E-state index is 13.1. The third-order valence-electron chi connectivity index (χ3n) is 2.41. The first-order chi connectivity index (χ1) is 8.40. The zero-order chi connectivity index (χ0) is 13.7. The SMILES string of the molecule is CN(C)CCNC(C(N)=O)c1cc(F)cc(F)c1. The Morgan fingerprint density at radius 3 is 2.33 bits per heavy atom. The number of carbonyl (C=O) groups excluding carboxylic acids is 1. The molecule has 0 aliphatic heterocycles. The molecule has 0 radical (unpaired) electrons. The Labute approximate surface area is 105 Å². The number of halogens is 2. The Morgan fingerprint density at radius 2 is 1.89 bits per heavy atom. The average Bonchev–Trinajstić information content (AvgIpc) is 2.21. The molecule has 0 heterocycles. The van der Waals surface area contributed by atoms with E-state index < -0.39 is 23.6 Å². The first-order valence-corrected chi connectivity index (χ1v) is 5.53. The largest absolute Gasteiger partial charge is 0.368 e. The summed E-state index contributed by atoms with van der Waals surface area (Å²) >= 11 is 0. The number of likely N-dealkylation sites (N-methyl/N-ethyl adjacent to an activating group) is 1. The molecule has 1 unspecified atom stereocenters. The van der Waals surface area contributed by atoms with E-state index >= 15 is 0 Å². The molecule has 0 fully saturated rings. The van der Waals surface area contributed by atoms with Gasteiger partial charge in [-0.1, -0.05) is 0 Å². The van der Waals surface area contributed by atoms with Gasteiger partial charge in [-0.05, 0) is 31.8 Å². The van der Waals surface area contributed by atoms with Crippen LogP contribution in [0.3, 0.4) is 0 Å². The second kappa shape index (κ2) is 6.42. The van der Waals surface area contributed by atoms with Gasteiger partial charge in [0.25, 0.3) is 0 Å². The molecule has 1 aromatic rings. The van der Waals surface area contributed by atoms with Crippen molar-refractivity contribution in [2.45, 2.75) is 6.04 Å². The van der Waals surface area contributed by atoms with Crippen molar-refractivity contribution >= 4 is 5.91 Å². The minimum atomic E-state index is -0.893. The number of amides is 1. The maximum atomic E-state index is 13.1. The van der Waals surface area contributed by atoms with Gasteiger partial charge in [-0.3, -0.25) is 4.79 Å². The molecule has 1 aromatic carbocycles. The molecule has 1 rings (SSSR count). The lowest BCUT2D eigenvalue weighted by Gasteiger charge is -2.17. The summed E-state index contributed by atoms with van der Waals surface area (Å²) in [5, 5.41) is 2.87. The number of nitrogens with two attached hydrogens (primary N) is 1. The number of nitrogens with zero attached hydrogens (tertiary/aromatic N) is 1. The van der Waals surface area contributed by atoms with Gasteiger partial charge in [0.1, 0.15) is 17.7 Å². The fourth-order valence-corrected chi connectivity index (χ4v) is 1.56. The Balaban J connectivity index is 2.80. The topological polar surface area (TPSA) is 58.4 Å². The van der Waals surface area contributed by atoms with Crippen LogP contribution in [0.15, 0.2) is 18.2 Å². The minimum Gasteiger partial charge on any atom is -0.368 e. The maximum Gasteiger partial charge on any atom is 0.239 e. The number of primary amides is 1. The summed E-state index contributed by atoms with van der Waals surface area (Å²) in [6.07, 6.45) is 0. The normalized spacial score (nSPS) is 12.7. The molecule has 1 amide bonds. The molecule has 0 spiro atoms. The van der Waals surface area contributed by atoms with Gasteiger partial charge in [0, 0.05) is 19.2 Å². The van der Waals surface area contributed by atoms with Crippen LogP contribution >= 0.6 is 0 Å². The van der Waals surface area contributed by atoms with Crippen molar-refractivity contribution in [2.24, 2.45) is 5.73 Å². The first-order valence-electron chi connectivity index (χ1n) is 5.53. The molecule has 0 aliphatic rings. The molecule has 0 bridgehead atoms. The average molecular weight is 257 g/mol. The van der Waals surface area contributed by atoms with Gasteiger partial charge in [-0.15, -0.1) is 0 Å². The van der Waals surface area contributed by atoms with Gasteiger partial charge in [-0.25, -0.2) is 8.78 Å². The van der Waals surface area contributed by atoms with Crippen molar-refractivity contribution in [1.82, 2.24) is 10.2 Å². The van der Waals surface area contributed by atoms with Crippen LogP contribution in [0.25, 0.3) is 0 Å². The summed E-state index contributed by atoms with van der Waals surface area (Å²) in [6.45, 7) is 1.17. The van der Waals surface area contributed by atoms with Crippen molar-refractivity contribution in [2.75, 3.05) is 27.2 Å². The zero-order valence-electron chi connectivity index (χ0n) is 10.4. The molecule has 0 saturated carbocycles. The first kappa shape index (κ1) is 14.5. The van der Waals surface area contributed by atoms with Crippen LogP contribution in [0, 0.1) is 11.6 Å². The zero-order valence-corrected chi connectivity index (χ0v) is 10.4. The van der Waals surface area contributed by atoms with Gasteiger partial charge in [0.15, 0.2) is 0 Å². The number of hydrogen-bond donors (Lipinski definition) is 2. The molecule has 0 saturated heterocycles. The Bertz CT molecular complexity index is 404. The lowest BCUT2D eigenvalue weighted by Crippen LogP contribution is -2.37. The van der Waals surface area contributed by atoms with E-state index in [0.29, 0.717) is 13.1 Å². The number of rotatable bonds is 6.